The Hall–Kier alpha value is -2.04. The minimum atomic E-state index is 0.285. The van der Waals surface area contributed by atoms with Gasteiger partial charge in [-0.2, -0.15) is 0 Å². The van der Waals surface area contributed by atoms with Crippen molar-refractivity contribution in [2.45, 2.75) is 18.5 Å². The van der Waals surface area contributed by atoms with Gasteiger partial charge in [-0.3, -0.25) is 0 Å². The topological polar surface area (TPSA) is 59.3 Å². The monoisotopic (exact) mass is 269 g/mol. The van der Waals surface area contributed by atoms with Gasteiger partial charge in [-0.1, -0.05) is 24.3 Å². The number of nitrogen functional groups attached to an aromatic ring is 1. The van der Waals surface area contributed by atoms with Crippen LogP contribution >= 0.6 is 0 Å². The number of methoxy groups -OCH3 is 1. The molecule has 0 saturated carbocycles. The summed E-state index contributed by atoms with van der Waals surface area (Å²) >= 11 is 0. The number of nitrogens with one attached hydrogen (secondary N) is 2. The Balaban J connectivity index is 1.74. The molecule has 0 aliphatic carbocycles. The second kappa shape index (κ2) is 5.53. The number of anilines is 1. The lowest BCUT2D eigenvalue weighted by Crippen LogP contribution is -2.26. The molecule has 2 atom stereocenters. The van der Waals surface area contributed by atoms with Crippen LogP contribution in [-0.4, -0.2) is 7.11 Å². The van der Waals surface area contributed by atoms with Crippen LogP contribution in [0.2, 0.25) is 0 Å². The molecule has 1 heterocycles. The molecule has 2 aromatic rings. The molecule has 4 N–H and O–H groups in total. The van der Waals surface area contributed by atoms with Gasteiger partial charge in [0.2, 0.25) is 0 Å². The third-order valence-electron chi connectivity index (χ3n) is 3.74. The summed E-state index contributed by atoms with van der Waals surface area (Å²) < 4.78 is 5.28. The zero-order valence-electron chi connectivity index (χ0n) is 11.5. The van der Waals surface area contributed by atoms with Crippen molar-refractivity contribution >= 4 is 5.69 Å². The van der Waals surface area contributed by atoms with Crippen LogP contribution in [0.5, 0.6) is 5.75 Å². The Labute approximate surface area is 118 Å². The third kappa shape index (κ3) is 2.61. The van der Waals surface area contributed by atoms with Crippen LogP contribution in [0.1, 0.15) is 29.6 Å². The molecule has 2 aromatic carbocycles. The van der Waals surface area contributed by atoms with Crippen molar-refractivity contribution < 1.29 is 4.74 Å². The van der Waals surface area contributed by atoms with E-state index in [1.807, 2.05) is 24.3 Å². The average molecular weight is 269 g/mol. The lowest BCUT2D eigenvalue weighted by Gasteiger charge is -2.11. The zero-order chi connectivity index (χ0) is 13.9. The van der Waals surface area contributed by atoms with Crippen molar-refractivity contribution in [3.05, 3.63) is 59.7 Å². The average Bonchev–Trinajstić information content (AvgIpc) is 2.98. The van der Waals surface area contributed by atoms with Crippen molar-refractivity contribution in [2.24, 2.45) is 0 Å². The first kappa shape index (κ1) is 13.0. The van der Waals surface area contributed by atoms with E-state index in [4.69, 9.17) is 10.5 Å². The summed E-state index contributed by atoms with van der Waals surface area (Å²) in [5, 5.41) is 0. The van der Waals surface area contributed by atoms with Gasteiger partial charge in [0.15, 0.2) is 0 Å². The number of hydrazine groups is 1. The van der Waals surface area contributed by atoms with Gasteiger partial charge in [-0.05, 0) is 41.8 Å². The van der Waals surface area contributed by atoms with Gasteiger partial charge in [0.25, 0.3) is 0 Å². The van der Waals surface area contributed by atoms with Crippen LogP contribution in [0.4, 0.5) is 5.69 Å². The molecule has 104 valence electrons. The van der Waals surface area contributed by atoms with Crippen LogP contribution < -0.4 is 21.3 Å². The Bertz CT molecular complexity index is 583. The summed E-state index contributed by atoms with van der Waals surface area (Å²) in [6.07, 6.45) is 0.997. The molecule has 3 rings (SSSR count). The van der Waals surface area contributed by atoms with Gasteiger partial charge in [-0.15, -0.1) is 0 Å². The fraction of sp³-hybridized carbons (Fsp3) is 0.250. The highest BCUT2D eigenvalue weighted by Gasteiger charge is 2.26. The molecule has 4 nitrogen and oxygen atoms in total. The van der Waals surface area contributed by atoms with Crippen molar-refractivity contribution in [1.29, 1.82) is 0 Å². The molecule has 0 bridgehead atoms. The van der Waals surface area contributed by atoms with Crippen molar-refractivity contribution in [3.8, 4) is 5.75 Å². The number of hydrogen-bond acceptors (Lipinski definition) is 4. The lowest BCUT2D eigenvalue weighted by molar-refractivity contribution is 0.413. The van der Waals surface area contributed by atoms with E-state index < -0.39 is 0 Å². The Morgan fingerprint density at radius 1 is 1.00 bits per heavy atom. The first-order chi connectivity index (χ1) is 9.76. The Morgan fingerprint density at radius 2 is 1.70 bits per heavy atom. The van der Waals surface area contributed by atoms with Gasteiger partial charge in [-0.25, -0.2) is 10.9 Å². The van der Waals surface area contributed by atoms with Gasteiger partial charge in [0.05, 0.1) is 7.11 Å². The Kier molecular flexibility index (Phi) is 3.58. The highest BCUT2D eigenvalue weighted by molar-refractivity contribution is 5.40. The van der Waals surface area contributed by atoms with Crippen LogP contribution in [-0.2, 0) is 0 Å². The highest BCUT2D eigenvalue weighted by atomic mass is 16.5. The van der Waals surface area contributed by atoms with E-state index >= 15 is 0 Å². The molecule has 1 saturated heterocycles. The van der Waals surface area contributed by atoms with Crippen LogP contribution in [0.25, 0.3) is 0 Å². The summed E-state index contributed by atoms with van der Waals surface area (Å²) in [4.78, 5) is 0. The molecule has 1 aliphatic rings. The second-order valence-electron chi connectivity index (χ2n) is 5.07. The molecular weight excluding hydrogens is 250 g/mol. The molecule has 0 radical (unpaired) electrons. The number of benzene rings is 2. The first-order valence-electron chi connectivity index (χ1n) is 6.76. The van der Waals surface area contributed by atoms with Crippen LogP contribution in [0.15, 0.2) is 48.5 Å². The first-order valence-corrected chi connectivity index (χ1v) is 6.76. The highest BCUT2D eigenvalue weighted by Crippen LogP contribution is 2.32. The van der Waals surface area contributed by atoms with Gasteiger partial charge in [0, 0.05) is 17.8 Å². The second-order valence-corrected chi connectivity index (χ2v) is 5.07. The molecule has 4 heteroatoms. The van der Waals surface area contributed by atoms with E-state index in [0.29, 0.717) is 6.04 Å². The summed E-state index contributed by atoms with van der Waals surface area (Å²) in [6, 6.07) is 16.8. The molecule has 1 aliphatic heterocycles. The lowest BCUT2D eigenvalue weighted by atomic mass is 9.97. The maximum absolute atomic E-state index is 5.73. The van der Waals surface area contributed by atoms with Crippen LogP contribution in [0, 0.1) is 0 Å². The van der Waals surface area contributed by atoms with E-state index in [1.165, 1.54) is 11.1 Å². The quantitative estimate of drug-likeness (QED) is 0.750. The molecule has 0 amide bonds. The number of ether oxygens (including phenoxy) is 1. The third-order valence-corrected chi connectivity index (χ3v) is 3.74. The normalized spacial score (nSPS) is 21.9. The number of hydrogen-bond donors (Lipinski definition) is 3. The maximum Gasteiger partial charge on any atom is 0.119 e. The SMILES string of the molecule is COc1cccc(C2CC(c3ccc(N)cc3)NN2)c1. The van der Waals surface area contributed by atoms with Crippen LogP contribution in [0.3, 0.4) is 0 Å². The minimum Gasteiger partial charge on any atom is -0.497 e. The molecule has 20 heavy (non-hydrogen) atoms. The Morgan fingerprint density at radius 3 is 2.40 bits per heavy atom. The minimum absolute atomic E-state index is 0.285. The smallest absolute Gasteiger partial charge is 0.119 e. The number of rotatable bonds is 3. The van der Waals surface area contributed by atoms with E-state index in [2.05, 4.69) is 35.1 Å². The van der Waals surface area contributed by atoms with Gasteiger partial charge >= 0.3 is 0 Å². The number of nitrogens with two attached hydrogens (primary N) is 1. The van der Waals surface area contributed by atoms with E-state index in [-0.39, 0.29) is 6.04 Å². The molecule has 2 unspecified atom stereocenters. The predicted octanol–water partition coefficient (Wildman–Crippen LogP) is 2.56. The fourth-order valence-corrected chi connectivity index (χ4v) is 2.58. The predicted molar refractivity (Wildman–Crippen MR) is 80.2 cm³/mol. The van der Waals surface area contributed by atoms with E-state index in [0.717, 1.165) is 17.9 Å². The maximum atomic E-state index is 5.73. The van der Waals surface area contributed by atoms with Crippen molar-refractivity contribution in [1.82, 2.24) is 10.9 Å². The standard InChI is InChI=1S/C16H19N3O/c1-20-14-4-2-3-12(9-14)16-10-15(18-19-16)11-5-7-13(17)8-6-11/h2-9,15-16,18-19H,10,17H2,1H3. The van der Waals surface area contributed by atoms with E-state index in [9.17, 15) is 0 Å². The van der Waals surface area contributed by atoms with Crippen molar-refractivity contribution in [3.63, 3.8) is 0 Å². The summed E-state index contributed by atoms with van der Waals surface area (Å²) in [6.45, 7) is 0. The summed E-state index contributed by atoms with van der Waals surface area (Å²) in [5.41, 5.74) is 15.7. The van der Waals surface area contributed by atoms with E-state index in [1.54, 1.807) is 7.11 Å². The zero-order valence-corrected chi connectivity index (χ0v) is 11.5. The molecular formula is C16H19N3O. The summed E-state index contributed by atoms with van der Waals surface area (Å²) in [7, 11) is 1.69. The molecule has 1 fully saturated rings. The van der Waals surface area contributed by atoms with Gasteiger partial charge in [0.1, 0.15) is 5.75 Å². The molecule has 0 spiro atoms. The van der Waals surface area contributed by atoms with Gasteiger partial charge < -0.3 is 10.5 Å². The van der Waals surface area contributed by atoms with Crippen molar-refractivity contribution in [2.75, 3.05) is 12.8 Å². The molecule has 0 aromatic heterocycles. The summed E-state index contributed by atoms with van der Waals surface area (Å²) in [5.74, 6) is 0.889. The fourth-order valence-electron chi connectivity index (χ4n) is 2.58. The largest absolute Gasteiger partial charge is 0.497 e.